The van der Waals surface area contributed by atoms with Gasteiger partial charge < -0.3 is 9.15 Å². The number of rotatable bonds is 4. The summed E-state index contributed by atoms with van der Waals surface area (Å²) < 4.78 is 11.7. The highest BCUT2D eigenvalue weighted by atomic mass is 79.9. The molecule has 2 aromatic rings. The van der Waals surface area contributed by atoms with Gasteiger partial charge in [-0.1, -0.05) is 15.9 Å². The van der Waals surface area contributed by atoms with Crippen molar-refractivity contribution in [3.05, 3.63) is 34.0 Å². The summed E-state index contributed by atoms with van der Waals surface area (Å²) in [5.41, 5.74) is 2.39. The van der Waals surface area contributed by atoms with Crippen LogP contribution in [0.25, 0.3) is 11.0 Å². The maximum Gasteiger partial charge on any atom is 0.342 e. The van der Waals surface area contributed by atoms with Crippen LogP contribution in [-0.2, 0) is 11.3 Å². The zero-order valence-corrected chi connectivity index (χ0v) is 13.6. The maximum atomic E-state index is 12.0. The molecule has 21 heavy (non-hydrogen) atoms. The predicted molar refractivity (Wildman–Crippen MR) is 84.4 cm³/mol. The Bertz CT molecular complexity index is 659. The second kappa shape index (κ2) is 6.20. The normalized spacial score (nSPS) is 15.7. The number of benzene rings is 1. The molecule has 1 fully saturated rings. The minimum absolute atomic E-state index is 0.332. The van der Waals surface area contributed by atoms with Gasteiger partial charge in [-0.3, -0.25) is 4.90 Å². The van der Waals surface area contributed by atoms with Crippen molar-refractivity contribution in [3.63, 3.8) is 0 Å². The first-order chi connectivity index (χ1) is 10.2. The van der Waals surface area contributed by atoms with Gasteiger partial charge in [-0.05, 0) is 45.0 Å². The zero-order valence-electron chi connectivity index (χ0n) is 12.0. The van der Waals surface area contributed by atoms with Crippen LogP contribution in [0, 0.1) is 0 Å². The van der Waals surface area contributed by atoms with Crippen LogP contribution in [0.15, 0.2) is 27.3 Å². The largest absolute Gasteiger partial charge is 0.463 e. The molecule has 1 aliphatic heterocycles. The Morgan fingerprint density at radius 1 is 1.38 bits per heavy atom. The van der Waals surface area contributed by atoms with Crippen LogP contribution >= 0.6 is 15.9 Å². The van der Waals surface area contributed by atoms with Crippen LogP contribution in [0.4, 0.5) is 0 Å². The fourth-order valence-electron chi connectivity index (χ4n) is 2.84. The average Bonchev–Trinajstić information content (AvgIpc) is 3.07. The molecule has 0 bridgehead atoms. The number of hydrogen-bond acceptors (Lipinski definition) is 4. The first kappa shape index (κ1) is 14.6. The monoisotopic (exact) mass is 351 g/mol. The average molecular weight is 352 g/mol. The molecule has 2 heterocycles. The number of furan rings is 1. The molecule has 0 unspecified atom stereocenters. The van der Waals surface area contributed by atoms with Crippen molar-refractivity contribution in [1.29, 1.82) is 0 Å². The van der Waals surface area contributed by atoms with Crippen LogP contribution in [0.5, 0.6) is 0 Å². The van der Waals surface area contributed by atoms with E-state index in [-0.39, 0.29) is 5.97 Å². The molecule has 0 atom stereocenters. The van der Waals surface area contributed by atoms with Gasteiger partial charge in [0.15, 0.2) is 0 Å². The van der Waals surface area contributed by atoms with E-state index >= 15 is 0 Å². The van der Waals surface area contributed by atoms with E-state index in [4.69, 9.17) is 9.15 Å². The molecule has 0 saturated carbocycles. The molecular formula is C16H18BrNO3. The quantitative estimate of drug-likeness (QED) is 0.781. The predicted octanol–water partition coefficient (Wildman–Crippen LogP) is 3.97. The Kier molecular flexibility index (Phi) is 4.31. The standard InChI is InChI=1S/C16H18BrNO3/c1-2-20-16(19)14-10-21-15-11(7-12(17)8-13(14)15)9-18-5-3-4-6-18/h7-8,10H,2-6,9H2,1H3. The van der Waals surface area contributed by atoms with Gasteiger partial charge in [-0.15, -0.1) is 0 Å². The second-order valence-electron chi connectivity index (χ2n) is 5.29. The highest BCUT2D eigenvalue weighted by molar-refractivity contribution is 9.10. The Morgan fingerprint density at radius 2 is 2.14 bits per heavy atom. The third kappa shape index (κ3) is 2.99. The molecule has 1 aliphatic rings. The van der Waals surface area contributed by atoms with Gasteiger partial charge in [0.05, 0.1) is 6.61 Å². The summed E-state index contributed by atoms with van der Waals surface area (Å²) in [6.45, 7) is 5.26. The fourth-order valence-corrected chi connectivity index (χ4v) is 3.34. The smallest absolute Gasteiger partial charge is 0.342 e. The minimum atomic E-state index is -0.332. The number of halogens is 1. The van der Waals surface area contributed by atoms with E-state index in [1.165, 1.54) is 19.1 Å². The highest BCUT2D eigenvalue weighted by Gasteiger charge is 2.20. The fraction of sp³-hybridized carbons (Fsp3) is 0.438. The van der Waals surface area contributed by atoms with Gasteiger partial charge in [0.25, 0.3) is 0 Å². The number of hydrogen-bond donors (Lipinski definition) is 0. The Balaban J connectivity index is 1.99. The number of carbonyl (C=O) groups excluding carboxylic acids is 1. The van der Waals surface area contributed by atoms with E-state index in [0.717, 1.165) is 40.6 Å². The molecule has 3 rings (SSSR count). The van der Waals surface area contributed by atoms with Gasteiger partial charge in [0, 0.05) is 22.0 Å². The molecular weight excluding hydrogens is 334 g/mol. The zero-order chi connectivity index (χ0) is 14.8. The minimum Gasteiger partial charge on any atom is -0.463 e. The lowest BCUT2D eigenvalue weighted by Crippen LogP contribution is -2.18. The number of ether oxygens (including phenoxy) is 1. The lowest BCUT2D eigenvalue weighted by molar-refractivity contribution is 0.0527. The molecule has 1 aromatic heterocycles. The molecule has 0 aliphatic carbocycles. The van der Waals surface area contributed by atoms with Gasteiger partial charge in [0.2, 0.25) is 0 Å². The van der Waals surface area contributed by atoms with Crippen molar-refractivity contribution >= 4 is 32.9 Å². The number of fused-ring (bicyclic) bond motifs is 1. The van der Waals surface area contributed by atoms with Gasteiger partial charge in [-0.25, -0.2) is 4.79 Å². The van der Waals surface area contributed by atoms with E-state index < -0.39 is 0 Å². The van der Waals surface area contributed by atoms with Crippen LogP contribution in [0.2, 0.25) is 0 Å². The first-order valence-corrected chi connectivity index (χ1v) is 8.07. The van der Waals surface area contributed by atoms with Crippen molar-refractivity contribution in [3.8, 4) is 0 Å². The first-order valence-electron chi connectivity index (χ1n) is 7.28. The molecule has 5 heteroatoms. The topological polar surface area (TPSA) is 42.7 Å². The molecule has 0 spiro atoms. The lowest BCUT2D eigenvalue weighted by atomic mass is 10.1. The van der Waals surface area contributed by atoms with E-state index in [9.17, 15) is 4.79 Å². The summed E-state index contributed by atoms with van der Waals surface area (Å²) in [7, 11) is 0. The lowest BCUT2D eigenvalue weighted by Gasteiger charge is -2.15. The van der Waals surface area contributed by atoms with Gasteiger partial charge >= 0.3 is 5.97 Å². The molecule has 112 valence electrons. The molecule has 0 radical (unpaired) electrons. The number of nitrogens with zero attached hydrogens (tertiary/aromatic N) is 1. The Labute approximate surface area is 132 Å². The maximum absolute atomic E-state index is 12.0. The summed E-state index contributed by atoms with van der Waals surface area (Å²) >= 11 is 3.53. The van der Waals surface area contributed by atoms with Crippen molar-refractivity contribution in [1.82, 2.24) is 4.90 Å². The number of carbonyl (C=O) groups is 1. The van der Waals surface area contributed by atoms with E-state index in [0.29, 0.717) is 12.2 Å². The molecule has 4 nitrogen and oxygen atoms in total. The van der Waals surface area contributed by atoms with Gasteiger partial charge in [0.1, 0.15) is 17.4 Å². The summed E-state index contributed by atoms with van der Waals surface area (Å²) in [4.78, 5) is 14.4. The van der Waals surface area contributed by atoms with E-state index in [1.54, 1.807) is 6.92 Å². The van der Waals surface area contributed by atoms with Crippen molar-refractivity contribution in [2.75, 3.05) is 19.7 Å². The summed E-state index contributed by atoms with van der Waals surface area (Å²) in [5.74, 6) is -0.332. The molecule has 0 N–H and O–H groups in total. The number of esters is 1. The molecule has 1 saturated heterocycles. The number of likely N-dealkylation sites (tertiary alicyclic amines) is 1. The van der Waals surface area contributed by atoms with E-state index in [2.05, 4.69) is 26.9 Å². The molecule has 1 aromatic carbocycles. The summed E-state index contributed by atoms with van der Waals surface area (Å²) in [6, 6.07) is 3.98. The second-order valence-corrected chi connectivity index (χ2v) is 6.21. The SMILES string of the molecule is CCOC(=O)c1coc2c(CN3CCCC3)cc(Br)cc12. The van der Waals surface area contributed by atoms with Crippen molar-refractivity contribution in [2.45, 2.75) is 26.3 Å². The van der Waals surface area contributed by atoms with Crippen LogP contribution < -0.4 is 0 Å². The third-order valence-electron chi connectivity index (χ3n) is 3.80. The van der Waals surface area contributed by atoms with Crippen molar-refractivity contribution in [2.24, 2.45) is 0 Å². The Hall–Kier alpha value is -1.33. The third-order valence-corrected chi connectivity index (χ3v) is 4.26. The highest BCUT2D eigenvalue weighted by Crippen LogP contribution is 2.30. The van der Waals surface area contributed by atoms with Crippen molar-refractivity contribution < 1.29 is 13.9 Å². The Morgan fingerprint density at radius 3 is 2.86 bits per heavy atom. The summed E-state index contributed by atoms with van der Waals surface area (Å²) in [5, 5.41) is 0.817. The van der Waals surface area contributed by atoms with Crippen LogP contribution in [0.1, 0.15) is 35.7 Å². The van der Waals surface area contributed by atoms with Gasteiger partial charge in [-0.2, -0.15) is 0 Å². The summed E-state index contributed by atoms with van der Waals surface area (Å²) in [6.07, 6.45) is 4.01. The molecule has 0 amide bonds. The van der Waals surface area contributed by atoms with E-state index in [1.807, 2.05) is 6.07 Å². The van der Waals surface area contributed by atoms with Crippen LogP contribution in [-0.4, -0.2) is 30.6 Å². The van der Waals surface area contributed by atoms with Crippen LogP contribution in [0.3, 0.4) is 0 Å².